The van der Waals surface area contributed by atoms with Gasteiger partial charge in [0.1, 0.15) is 12.4 Å². The van der Waals surface area contributed by atoms with Gasteiger partial charge < -0.3 is 9.80 Å². The van der Waals surface area contributed by atoms with Crippen LogP contribution in [0.5, 0.6) is 0 Å². The topological polar surface area (TPSA) is 60.9 Å². The molecule has 3 aromatic carbocycles. The Morgan fingerprint density at radius 1 is 0.971 bits per heavy atom. The van der Waals surface area contributed by atoms with E-state index in [4.69, 9.17) is 0 Å². The fraction of sp³-hybridized carbons (Fsp3) is 0.240. The molecule has 1 amide bonds. The number of amides is 1. The summed E-state index contributed by atoms with van der Waals surface area (Å²) in [5.41, 5.74) is 2.25. The Kier molecular flexibility index (Phi) is 7.23. The van der Waals surface area contributed by atoms with Crippen LogP contribution in [0, 0.1) is 12.7 Å². The first-order chi connectivity index (χ1) is 16.2. The fourth-order valence-corrected chi connectivity index (χ4v) is 5.67. The lowest BCUT2D eigenvalue weighted by molar-refractivity contribution is -0.129. The number of hydrogen-bond acceptors (Lipinski definition) is 4. The van der Waals surface area contributed by atoms with Crippen molar-refractivity contribution < 1.29 is 17.6 Å². The maximum absolute atomic E-state index is 13.5. The van der Waals surface area contributed by atoms with E-state index in [0.717, 1.165) is 20.0 Å². The van der Waals surface area contributed by atoms with Crippen LogP contribution in [0.25, 0.3) is 0 Å². The highest BCUT2D eigenvalue weighted by Crippen LogP contribution is 2.27. The molecule has 0 atom stereocenters. The number of aryl methyl sites for hydroxylation is 1. The minimum Gasteiger partial charge on any atom is -0.368 e. The van der Waals surface area contributed by atoms with Crippen molar-refractivity contribution in [1.29, 1.82) is 0 Å². The smallest absolute Gasteiger partial charge is 0.264 e. The number of nitrogens with zero attached hydrogens (tertiary/aromatic N) is 3. The highest BCUT2D eigenvalue weighted by molar-refractivity contribution is 9.10. The van der Waals surface area contributed by atoms with E-state index in [1.54, 1.807) is 65.6 Å². The van der Waals surface area contributed by atoms with E-state index in [9.17, 15) is 17.6 Å². The molecule has 9 heteroatoms. The third-order valence-electron chi connectivity index (χ3n) is 5.81. The van der Waals surface area contributed by atoms with Crippen LogP contribution in [-0.4, -0.2) is 51.9 Å². The molecule has 3 aromatic rings. The highest BCUT2D eigenvalue weighted by Gasteiger charge is 2.30. The van der Waals surface area contributed by atoms with E-state index in [0.29, 0.717) is 31.9 Å². The van der Waals surface area contributed by atoms with Crippen LogP contribution in [0.4, 0.5) is 15.8 Å². The summed E-state index contributed by atoms with van der Waals surface area (Å²) < 4.78 is 42.2. The quantitative estimate of drug-likeness (QED) is 0.459. The van der Waals surface area contributed by atoms with Gasteiger partial charge in [-0.1, -0.05) is 39.7 Å². The Morgan fingerprint density at radius 2 is 1.62 bits per heavy atom. The average Bonchev–Trinajstić information content (AvgIpc) is 2.83. The van der Waals surface area contributed by atoms with Gasteiger partial charge in [-0.15, -0.1) is 0 Å². The van der Waals surface area contributed by atoms with Crippen LogP contribution in [0.2, 0.25) is 0 Å². The molecule has 0 aliphatic carbocycles. The molecule has 4 rings (SSSR count). The highest BCUT2D eigenvalue weighted by atomic mass is 79.9. The predicted octanol–water partition coefficient (Wildman–Crippen LogP) is 4.44. The van der Waals surface area contributed by atoms with Crippen LogP contribution in [-0.2, 0) is 14.8 Å². The van der Waals surface area contributed by atoms with Gasteiger partial charge in [-0.3, -0.25) is 9.10 Å². The van der Waals surface area contributed by atoms with Crippen molar-refractivity contribution in [2.75, 3.05) is 41.9 Å². The van der Waals surface area contributed by atoms with Crippen molar-refractivity contribution in [3.63, 3.8) is 0 Å². The second-order valence-electron chi connectivity index (χ2n) is 8.15. The van der Waals surface area contributed by atoms with Crippen molar-refractivity contribution >= 4 is 43.2 Å². The molecule has 0 saturated carbocycles. The van der Waals surface area contributed by atoms with Crippen LogP contribution >= 0.6 is 15.9 Å². The van der Waals surface area contributed by atoms with Crippen LogP contribution in [0.15, 0.2) is 82.2 Å². The van der Waals surface area contributed by atoms with Crippen LogP contribution < -0.4 is 9.21 Å². The van der Waals surface area contributed by atoms with Crippen molar-refractivity contribution in [1.82, 2.24) is 4.90 Å². The molecule has 6 nitrogen and oxygen atoms in total. The Labute approximate surface area is 207 Å². The van der Waals surface area contributed by atoms with Gasteiger partial charge in [-0.05, 0) is 61.5 Å². The Balaban J connectivity index is 1.53. The van der Waals surface area contributed by atoms with Crippen LogP contribution in [0.3, 0.4) is 0 Å². The molecule has 34 heavy (non-hydrogen) atoms. The lowest BCUT2D eigenvalue weighted by Crippen LogP contribution is -2.52. The normalized spacial score (nSPS) is 14.2. The molecule has 1 saturated heterocycles. The van der Waals surface area contributed by atoms with Gasteiger partial charge in [0.15, 0.2) is 0 Å². The summed E-state index contributed by atoms with van der Waals surface area (Å²) in [6.07, 6.45) is 0. The van der Waals surface area contributed by atoms with E-state index in [1.165, 1.54) is 12.1 Å². The lowest BCUT2D eigenvalue weighted by atomic mass is 10.2. The number of carbonyl (C=O) groups is 1. The lowest BCUT2D eigenvalue weighted by Gasteiger charge is -2.37. The summed E-state index contributed by atoms with van der Waals surface area (Å²) >= 11 is 3.39. The molecule has 1 aliphatic heterocycles. The summed E-state index contributed by atoms with van der Waals surface area (Å²) in [7, 11) is -3.96. The average molecular weight is 546 g/mol. The minimum atomic E-state index is -3.96. The summed E-state index contributed by atoms with van der Waals surface area (Å²) in [4.78, 5) is 17.1. The largest absolute Gasteiger partial charge is 0.368 e. The summed E-state index contributed by atoms with van der Waals surface area (Å²) in [5, 5.41) is 0. The number of anilines is 2. The third kappa shape index (κ3) is 5.42. The first-order valence-electron chi connectivity index (χ1n) is 10.9. The molecule has 0 aromatic heterocycles. The SMILES string of the molecule is Cc1ccc(S(=O)(=O)N(CC(=O)N2CCN(c3ccc(F)cc3)CC2)c2cccc(Br)c2)cc1. The molecule has 0 unspecified atom stereocenters. The number of halogens is 2. The monoisotopic (exact) mass is 545 g/mol. The van der Waals surface area contributed by atoms with Crippen molar-refractivity contribution in [2.45, 2.75) is 11.8 Å². The van der Waals surface area contributed by atoms with E-state index >= 15 is 0 Å². The van der Waals surface area contributed by atoms with Crippen molar-refractivity contribution in [2.24, 2.45) is 0 Å². The van der Waals surface area contributed by atoms with Gasteiger partial charge in [0.2, 0.25) is 5.91 Å². The predicted molar refractivity (Wildman–Crippen MR) is 135 cm³/mol. The Bertz CT molecular complexity index is 1260. The fourth-order valence-electron chi connectivity index (χ4n) is 3.87. The number of carbonyl (C=O) groups excluding carboxylic acids is 1. The molecule has 0 spiro atoms. The molecular weight excluding hydrogens is 521 g/mol. The van der Waals surface area contributed by atoms with Gasteiger partial charge in [0.05, 0.1) is 10.6 Å². The second kappa shape index (κ2) is 10.1. The number of hydrogen-bond donors (Lipinski definition) is 0. The summed E-state index contributed by atoms with van der Waals surface area (Å²) in [6.45, 7) is 3.65. The molecule has 1 heterocycles. The van der Waals surface area contributed by atoms with Gasteiger partial charge in [-0.2, -0.15) is 0 Å². The van der Waals surface area contributed by atoms with E-state index < -0.39 is 10.0 Å². The molecule has 178 valence electrons. The molecule has 0 bridgehead atoms. The Hall–Kier alpha value is -2.91. The van der Waals surface area contributed by atoms with Crippen molar-refractivity contribution in [3.8, 4) is 0 Å². The summed E-state index contributed by atoms with van der Waals surface area (Å²) in [5.74, 6) is -0.561. The van der Waals surface area contributed by atoms with E-state index in [2.05, 4.69) is 20.8 Å². The summed E-state index contributed by atoms with van der Waals surface area (Å²) in [6, 6.07) is 19.8. The molecule has 0 N–H and O–H groups in total. The number of benzene rings is 3. The maximum Gasteiger partial charge on any atom is 0.264 e. The van der Waals surface area contributed by atoms with Gasteiger partial charge in [0.25, 0.3) is 10.0 Å². The van der Waals surface area contributed by atoms with Crippen LogP contribution in [0.1, 0.15) is 5.56 Å². The zero-order chi connectivity index (χ0) is 24.3. The maximum atomic E-state index is 13.5. The first-order valence-corrected chi connectivity index (χ1v) is 13.1. The number of rotatable bonds is 6. The van der Waals surface area contributed by atoms with E-state index in [-0.39, 0.29) is 23.2 Å². The van der Waals surface area contributed by atoms with E-state index in [1.807, 2.05) is 6.92 Å². The second-order valence-corrected chi connectivity index (χ2v) is 10.9. The number of piperazine rings is 1. The number of sulfonamides is 1. The van der Waals surface area contributed by atoms with Gasteiger partial charge in [0, 0.05) is 36.3 Å². The van der Waals surface area contributed by atoms with Crippen molar-refractivity contribution in [3.05, 3.63) is 88.6 Å². The third-order valence-corrected chi connectivity index (χ3v) is 8.09. The zero-order valence-electron chi connectivity index (χ0n) is 18.7. The Morgan fingerprint density at radius 3 is 2.24 bits per heavy atom. The standard InChI is InChI=1S/C25H25BrFN3O3S/c1-19-5-11-24(12-6-19)34(32,33)30(23-4-2-3-20(26)17-23)18-25(31)29-15-13-28(14-16-29)22-9-7-21(27)8-10-22/h2-12,17H,13-16,18H2,1H3. The molecule has 1 aliphatic rings. The minimum absolute atomic E-state index is 0.131. The zero-order valence-corrected chi connectivity index (χ0v) is 21.1. The van der Waals surface area contributed by atoms with Gasteiger partial charge in [-0.25, -0.2) is 12.8 Å². The molecule has 1 fully saturated rings. The van der Waals surface area contributed by atoms with Gasteiger partial charge >= 0.3 is 0 Å². The first kappa shape index (κ1) is 24.2. The molecule has 0 radical (unpaired) electrons. The molecular formula is C25H25BrFN3O3S.